The predicted octanol–water partition coefficient (Wildman–Crippen LogP) is 2.84. The van der Waals surface area contributed by atoms with Gasteiger partial charge in [-0.15, -0.1) is 0 Å². The highest BCUT2D eigenvalue weighted by molar-refractivity contribution is 6.01. The number of benzene rings is 1. The summed E-state index contributed by atoms with van der Waals surface area (Å²) in [5.41, 5.74) is 2.22. The predicted molar refractivity (Wildman–Crippen MR) is 88.8 cm³/mol. The Morgan fingerprint density at radius 2 is 1.78 bits per heavy atom. The van der Waals surface area contributed by atoms with Crippen molar-refractivity contribution in [2.24, 2.45) is 0 Å². The van der Waals surface area contributed by atoms with E-state index in [0.29, 0.717) is 22.9 Å². The number of hydrogen-bond donors (Lipinski definition) is 1. The number of hydrogen-bond acceptors (Lipinski definition) is 5. The van der Waals surface area contributed by atoms with Crippen LogP contribution in [0.5, 0.6) is 11.5 Å². The highest BCUT2D eigenvalue weighted by Crippen LogP contribution is 2.36. The summed E-state index contributed by atoms with van der Waals surface area (Å²) in [4.78, 5) is 17.8. The van der Waals surface area contributed by atoms with Gasteiger partial charge in [0.1, 0.15) is 11.4 Å². The van der Waals surface area contributed by atoms with Gasteiger partial charge in [0.15, 0.2) is 11.5 Å². The lowest BCUT2D eigenvalue weighted by Gasteiger charge is -2.18. The minimum absolute atomic E-state index is 0.160. The third-order valence-corrected chi connectivity index (χ3v) is 3.46. The largest absolute Gasteiger partial charge is 0.493 e. The van der Waals surface area contributed by atoms with Crippen molar-refractivity contribution in [3.8, 4) is 22.6 Å². The Morgan fingerprint density at radius 3 is 2.30 bits per heavy atom. The van der Waals surface area contributed by atoms with Crippen LogP contribution in [0.2, 0.25) is 0 Å². The Morgan fingerprint density at radius 1 is 1.13 bits per heavy atom. The molecule has 0 unspecified atom stereocenters. The molecule has 0 atom stereocenters. The maximum atomic E-state index is 11.8. The third kappa shape index (κ3) is 3.21. The molecule has 2 aromatic rings. The molecule has 1 aromatic carbocycles. The van der Waals surface area contributed by atoms with Crippen LogP contribution in [0.1, 0.15) is 16.1 Å². The van der Waals surface area contributed by atoms with Crippen molar-refractivity contribution in [1.29, 1.82) is 0 Å². The monoisotopic (exact) mass is 316 g/mol. The van der Waals surface area contributed by atoms with Crippen LogP contribution in [0.3, 0.4) is 0 Å². The topological polar surface area (TPSA) is 71.9 Å². The molecule has 6 heteroatoms. The van der Waals surface area contributed by atoms with Gasteiger partial charge in [0.2, 0.25) is 0 Å². The van der Waals surface area contributed by atoms with Crippen LogP contribution in [0.4, 0.5) is 5.82 Å². The Hall–Kier alpha value is -2.76. The number of anilines is 1. The van der Waals surface area contributed by atoms with Crippen molar-refractivity contribution in [2.45, 2.75) is 6.92 Å². The number of methoxy groups -OCH3 is 2. The summed E-state index contributed by atoms with van der Waals surface area (Å²) >= 11 is 0. The second-order valence-electron chi connectivity index (χ2n) is 5.28. The van der Waals surface area contributed by atoms with Crippen molar-refractivity contribution in [3.63, 3.8) is 0 Å². The number of carboxylic acid groups (broad SMARTS) is 1. The van der Waals surface area contributed by atoms with Crippen LogP contribution in [0.15, 0.2) is 24.3 Å². The van der Waals surface area contributed by atoms with Gasteiger partial charge < -0.3 is 19.5 Å². The average Bonchev–Trinajstić information content (AvgIpc) is 2.52. The summed E-state index contributed by atoms with van der Waals surface area (Å²) in [7, 11) is 6.64. The number of pyridine rings is 1. The SMILES string of the molecule is COc1ccc(-c2cc(C)nc(N(C)C)c2C(=O)O)cc1OC. The number of rotatable bonds is 5. The summed E-state index contributed by atoms with van der Waals surface area (Å²) < 4.78 is 10.5. The Bertz CT molecular complexity index is 742. The summed E-state index contributed by atoms with van der Waals surface area (Å²) in [6, 6.07) is 7.09. The van der Waals surface area contributed by atoms with Gasteiger partial charge in [-0.3, -0.25) is 0 Å². The number of ether oxygens (including phenoxy) is 2. The molecule has 0 aliphatic rings. The average molecular weight is 316 g/mol. The maximum Gasteiger partial charge on any atom is 0.340 e. The minimum Gasteiger partial charge on any atom is -0.493 e. The molecule has 1 N–H and O–H groups in total. The van der Waals surface area contributed by atoms with E-state index in [4.69, 9.17) is 9.47 Å². The number of aromatic nitrogens is 1. The number of carbonyl (C=O) groups is 1. The molecule has 1 heterocycles. The Balaban J connectivity index is 2.74. The second-order valence-corrected chi connectivity index (χ2v) is 5.28. The quantitative estimate of drug-likeness (QED) is 0.914. The van der Waals surface area contributed by atoms with E-state index in [9.17, 15) is 9.90 Å². The molecule has 0 saturated carbocycles. The van der Waals surface area contributed by atoms with E-state index in [1.807, 2.05) is 13.0 Å². The summed E-state index contributed by atoms with van der Waals surface area (Å²) in [5, 5.41) is 9.65. The van der Waals surface area contributed by atoms with Gasteiger partial charge in [-0.05, 0) is 30.7 Å². The van der Waals surface area contributed by atoms with E-state index in [2.05, 4.69) is 4.98 Å². The molecule has 0 radical (unpaired) electrons. The van der Waals surface area contributed by atoms with Gasteiger partial charge in [-0.2, -0.15) is 0 Å². The lowest BCUT2D eigenvalue weighted by Crippen LogP contribution is -2.17. The highest BCUT2D eigenvalue weighted by Gasteiger charge is 2.21. The van der Waals surface area contributed by atoms with Gasteiger partial charge in [0, 0.05) is 25.4 Å². The smallest absolute Gasteiger partial charge is 0.340 e. The highest BCUT2D eigenvalue weighted by atomic mass is 16.5. The molecule has 122 valence electrons. The van der Waals surface area contributed by atoms with E-state index in [1.165, 1.54) is 0 Å². The molecule has 1 aromatic heterocycles. The fourth-order valence-electron chi connectivity index (χ4n) is 2.42. The van der Waals surface area contributed by atoms with Crippen LogP contribution in [0.25, 0.3) is 11.1 Å². The first-order valence-electron chi connectivity index (χ1n) is 7.03. The lowest BCUT2D eigenvalue weighted by molar-refractivity contribution is 0.0698. The van der Waals surface area contributed by atoms with Gasteiger partial charge in [-0.25, -0.2) is 9.78 Å². The van der Waals surface area contributed by atoms with Gasteiger partial charge >= 0.3 is 5.97 Å². The molecule has 2 rings (SSSR count). The molecule has 0 aliphatic carbocycles. The fourth-order valence-corrected chi connectivity index (χ4v) is 2.42. The molecule has 23 heavy (non-hydrogen) atoms. The van der Waals surface area contributed by atoms with Crippen molar-refractivity contribution < 1.29 is 19.4 Å². The molecule has 0 aliphatic heterocycles. The van der Waals surface area contributed by atoms with E-state index in [-0.39, 0.29) is 5.56 Å². The zero-order valence-corrected chi connectivity index (χ0v) is 13.9. The fraction of sp³-hybridized carbons (Fsp3) is 0.294. The normalized spacial score (nSPS) is 10.3. The van der Waals surface area contributed by atoms with E-state index < -0.39 is 5.97 Å². The van der Waals surface area contributed by atoms with Crippen LogP contribution in [-0.2, 0) is 0 Å². The summed E-state index contributed by atoms with van der Waals surface area (Å²) in [6.07, 6.45) is 0. The van der Waals surface area contributed by atoms with Gasteiger partial charge in [0.05, 0.1) is 14.2 Å². The second kappa shape index (κ2) is 6.56. The first-order chi connectivity index (χ1) is 10.9. The Kier molecular flexibility index (Phi) is 4.74. The molecular formula is C17H20N2O4. The van der Waals surface area contributed by atoms with Gasteiger partial charge in [-0.1, -0.05) is 6.07 Å². The molecular weight excluding hydrogens is 296 g/mol. The van der Waals surface area contributed by atoms with Crippen LogP contribution < -0.4 is 14.4 Å². The van der Waals surface area contributed by atoms with Crippen molar-refractivity contribution in [3.05, 3.63) is 35.5 Å². The molecule has 0 bridgehead atoms. The molecule has 0 spiro atoms. The van der Waals surface area contributed by atoms with Crippen molar-refractivity contribution in [1.82, 2.24) is 4.98 Å². The number of carboxylic acids is 1. The van der Waals surface area contributed by atoms with Crippen molar-refractivity contribution in [2.75, 3.05) is 33.2 Å². The molecule has 0 amide bonds. The standard InChI is InChI=1S/C17H20N2O4/c1-10-8-12(15(17(20)21)16(18-10)19(2)3)11-6-7-13(22-4)14(9-11)23-5/h6-9H,1-5H3,(H,20,21). The number of aromatic carboxylic acids is 1. The van der Waals surface area contributed by atoms with Crippen LogP contribution >= 0.6 is 0 Å². The van der Waals surface area contributed by atoms with E-state index >= 15 is 0 Å². The van der Waals surface area contributed by atoms with Crippen LogP contribution in [0, 0.1) is 6.92 Å². The first-order valence-corrected chi connectivity index (χ1v) is 7.03. The number of nitrogens with zero attached hydrogens (tertiary/aromatic N) is 2. The summed E-state index contributed by atoms with van der Waals surface area (Å²) in [6.45, 7) is 1.84. The van der Waals surface area contributed by atoms with E-state index in [1.54, 1.807) is 51.4 Å². The van der Waals surface area contributed by atoms with Crippen LogP contribution in [-0.4, -0.2) is 44.4 Å². The zero-order chi connectivity index (χ0) is 17.1. The maximum absolute atomic E-state index is 11.8. The Labute approximate surface area is 135 Å². The lowest BCUT2D eigenvalue weighted by atomic mass is 9.99. The van der Waals surface area contributed by atoms with Crippen molar-refractivity contribution >= 4 is 11.8 Å². The zero-order valence-electron chi connectivity index (χ0n) is 13.9. The molecule has 6 nitrogen and oxygen atoms in total. The van der Waals surface area contributed by atoms with E-state index in [0.717, 1.165) is 11.3 Å². The first kappa shape index (κ1) is 16.6. The molecule has 0 fully saturated rings. The number of aryl methyl sites for hydroxylation is 1. The summed E-state index contributed by atoms with van der Waals surface area (Å²) in [5.74, 6) is 0.530. The third-order valence-electron chi connectivity index (χ3n) is 3.46. The minimum atomic E-state index is -1.02. The van der Waals surface area contributed by atoms with Gasteiger partial charge in [0.25, 0.3) is 0 Å². The molecule has 0 saturated heterocycles.